The van der Waals surface area contributed by atoms with Crippen molar-refractivity contribution >= 4 is 39.8 Å². The lowest BCUT2D eigenvalue weighted by Gasteiger charge is -2.26. The normalized spacial score (nSPS) is 14.3. The van der Waals surface area contributed by atoms with Gasteiger partial charge in [0.05, 0.1) is 33.7 Å². The van der Waals surface area contributed by atoms with Crippen LogP contribution in [-0.4, -0.2) is 25.6 Å². The van der Waals surface area contributed by atoms with Crippen LogP contribution < -0.4 is 9.64 Å². The van der Waals surface area contributed by atoms with Gasteiger partial charge in [-0.05, 0) is 54.7 Å². The molecule has 2 atom stereocenters. The first-order valence-corrected chi connectivity index (χ1v) is 14.5. The summed E-state index contributed by atoms with van der Waals surface area (Å²) < 4.78 is 35.1. The van der Waals surface area contributed by atoms with Gasteiger partial charge in [0.15, 0.2) is 0 Å². The van der Waals surface area contributed by atoms with Crippen LogP contribution in [0.1, 0.15) is 55.5 Å². The number of fused-ring (bicyclic) bond motifs is 2. The van der Waals surface area contributed by atoms with Gasteiger partial charge in [0.25, 0.3) is 11.8 Å². The fourth-order valence-electron chi connectivity index (χ4n) is 5.52. The highest BCUT2D eigenvalue weighted by Crippen LogP contribution is 2.39. The molecule has 1 aliphatic heterocycles. The highest BCUT2D eigenvalue weighted by atomic mass is 32.2. The van der Waals surface area contributed by atoms with Gasteiger partial charge in [-0.15, -0.1) is 0 Å². The maximum Gasteiger partial charge on any atom is 0.266 e. The van der Waals surface area contributed by atoms with Crippen LogP contribution in [0.5, 0.6) is 5.75 Å². The van der Waals surface area contributed by atoms with E-state index in [4.69, 9.17) is 8.92 Å². The Hall–Kier alpha value is -4.57. The number of imide groups is 1. The van der Waals surface area contributed by atoms with Gasteiger partial charge in [-0.3, -0.25) is 13.8 Å². The van der Waals surface area contributed by atoms with Gasteiger partial charge >= 0.3 is 0 Å². The van der Waals surface area contributed by atoms with Gasteiger partial charge < -0.3 is 14.3 Å². The molecule has 0 fully saturated rings. The molecule has 2 amide bonds. The minimum absolute atomic E-state index is 0.273. The fourth-order valence-corrected chi connectivity index (χ4v) is 5.91. The smallest absolute Gasteiger partial charge is 0.266 e. The van der Waals surface area contributed by atoms with Gasteiger partial charge in [-0.1, -0.05) is 72.8 Å². The van der Waals surface area contributed by atoms with Crippen molar-refractivity contribution < 1.29 is 27.3 Å². The zero-order valence-electron chi connectivity index (χ0n) is 22.7. The second-order valence-electron chi connectivity index (χ2n) is 10.1. The number of carbonyl (C=O) groups is 2. The van der Waals surface area contributed by atoms with E-state index in [1.807, 2.05) is 54.7 Å². The molecule has 1 aromatic heterocycles. The molecule has 0 bridgehead atoms. The lowest BCUT2D eigenvalue weighted by molar-refractivity contribution is 0.0925. The molecule has 212 valence electrons. The number of aromatic amines is 1. The number of aryl methyl sites for hydroxylation is 2. The Bertz CT molecular complexity index is 1780. The molecular formula is C33H27N2O6S-. The topological polar surface area (TPSA) is 112 Å². The number of nitrogens with zero attached hydrogens (tertiary/aromatic N) is 1. The second kappa shape index (κ2) is 11.7. The summed E-state index contributed by atoms with van der Waals surface area (Å²) in [5, 5.41) is 0.951. The summed E-state index contributed by atoms with van der Waals surface area (Å²) in [6.07, 6.45) is 1.67. The summed E-state index contributed by atoms with van der Waals surface area (Å²) >= 11 is -2.84. The van der Waals surface area contributed by atoms with E-state index in [-0.39, 0.29) is 6.42 Å². The molecule has 0 saturated heterocycles. The SMILES string of the molecule is Cc1cccc(C(CCc2c[nH]c3c(OCc4ccccc4)cccc23)OS(=O)[O-])c1N1C(=O)c2ccccc2C1=O. The van der Waals surface area contributed by atoms with Crippen LogP contribution in [-0.2, 0) is 28.6 Å². The third kappa shape index (κ3) is 5.25. The Balaban J connectivity index is 1.29. The van der Waals surface area contributed by atoms with Gasteiger partial charge in [0, 0.05) is 17.1 Å². The van der Waals surface area contributed by atoms with Crippen molar-refractivity contribution in [3.63, 3.8) is 0 Å². The second-order valence-corrected chi connectivity index (χ2v) is 10.7. The first-order chi connectivity index (χ1) is 20.4. The summed E-state index contributed by atoms with van der Waals surface area (Å²) in [4.78, 5) is 31.1. The number of benzene rings is 4. The first kappa shape index (κ1) is 27.6. The van der Waals surface area contributed by atoms with Crippen molar-refractivity contribution in [3.8, 4) is 5.75 Å². The molecular weight excluding hydrogens is 552 g/mol. The van der Waals surface area contributed by atoms with E-state index in [0.717, 1.165) is 26.9 Å². The monoisotopic (exact) mass is 579 g/mol. The maximum atomic E-state index is 13.4. The number of anilines is 1. The van der Waals surface area contributed by atoms with Gasteiger partial charge in [0.1, 0.15) is 18.5 Å². The summed E-state index contributed by atoms with van der Waals surface area (Å²) in [6.45, 7) is 2.21. The van der Waals surface area contributed by atoms with Crippen LogP contribution in [0.4, 0.5) is 5.69 Å². The number of aromatic nitrogens is 1. The summed E-state index contributed by atoms with van der Waals surface area (Å²) in [5.74, 6) is -0.191. The van der Waals surface area contributed by atoms with E-state index >= 15 is 0 Å². The maximum absolute atomic E-state index is 13.4. The third-order valence-corrected chi connectivity index (χ3v) is 7.89. The van der Waals surface area contributed by atoms with E-state index in [2.05, 4.69) is 4.98 Å². The van der Waals surface area contributed by atoms with Crippen molar-refractivity contribution in [1.82, 2.24) is 4.98 Å². The van der Waals surface area contributed by atoms with E-state index < -0.39 is 29.3 Å². The zero-order chi connectivity index (χ0) is 29.2. The molecule has 6 rings (SSSR count). The predicted molar refractivity (Wildman–Crippen MR) is 159 cm³/mol. The molecule has 9 heteroatoms. The predicted octanol–water partition coefficient (Wildman–Crippen LogP) is 6.34. The molecule has 2 heterocycles. The molecule has 0 aliphatic carbocycles. The average Bonchev–Trinajstić information content (AvgIpc) is 3.53. The summed E-state index contributed by atoms with van der Waals surface area (Å²) in [5.41, 5.74) is 4.91. The zero-order valence-corrected chi connectivity index (χ0v) is 23.6. The van der Waals surface area contributed by atoms with Gasteiger partial charge in [0.2, 0.25) is 0 Å². The molecule has 1 N–H and O–H groups in total. The van der Waals surface area contributed by atoms with Crippen LogP contribution in [0.15, 0.2) is 97.2 Å². The number of nitrogens with one attached hydrogen (secondary N) is 1. The molecule has 0 spiro atoms. The molecule has 1 aliphatic rings. The lowest BCUT2D eigenvalue weighted by Crippen LogP contribution is -2.31. The van der Waals surface area contributed by atoms with Crippen LogP contribution >= 0.6 is 0 Å². The van der Waals surface area contributed by atoms with E-state index in [1.165, 1.54) is 0 Å². The number of para-hydroxylation sites is 2. The van der Waals surface area contributed by atoms with Gasteiger partial charge in [-0.25, -0.2) is 9.11 Å². The van der Waals surface area contributed by atoms with Crippen LogP contribution in [0.3, 0.4) is 0 Å². The number of amides is 2. The molecule has 0 radical (unpaired) electrons. The largest absolute Gasteiger partial charge is 0.750 e. The number of hydrogen-bond donors (Lipinski definition) is 1. The highest BCUT2D eigenvalue weighted by molar-refractivity contribution is 7.74. The third-order valence-electron chi connectivity index (χ3n) is 7.50. The Morgan fingerprint density at radius 3 is 2.29 bits per heavy atom. The standard InChI is InChI=1S/C33H28N2O6S/c1-21-9-7-15-27(31(21)35-32(36)25-12-5-6-13-26(25)33(35)37)28(41-42(38)39)18-17-23-19-34-30-24(23)14-8-16-29(30)40-20-22-10-3-2-4-11-22/h2-16,19,28,34H,17-18,20H2,1H3,(H,38,39)/p-1. The minimum atomic E-state index is -2.84. The first-order valence-electron chi connectivity index (χ1n) is 13.5. The average molecular weight is 580 g/mol. The molecule has 2 unspecified atom stereocenters. The Labute approximate surface area is 245 Å². The number of rotatable bonds is 10. The van der Waals surface area contributed by atoms with E-state index in [9.17, 15) is 18.4 Å². The van der Waals surface area contributed by atoms with Crippen molar-refractivity contribution in [3.05, 3.63) is 131 Å². The van der Waals surface area contributed by atoms with Crippen molar-refractivity contribution in [1.29, 1.82) is 0 Å². The summed E-state index contributed by atoms with van der Waals surface area (Å²) in [6, 6.07) is 27.6. The molecule has 4 aromatic carbocycles. The Morgan fingerprint density at radius 2 is 1.57 bits per heavy atom. The number of carbonyl (C=O) groups excluding carboxylic acids is 2. The number of ether oxygens (including phenoxy) is 1. The molecule has 0 saturated carbocycles. The lowest BCUT2D eigenvalue weighted by atomic mass is 9.97. The highest BCUT2D eigenvalue weighted by Gasteiger charge is 2.39. The van der Waals surface area contributed by atoms with Gasteiger partial charge in [-0.2, -0.15) is 0 Å². The number of H-pyrrole nitrogens is 1. The molecule has 8 nitrogen and oxygen atoms in total. The van der Waals surface area contributed by atoms with Crippen LogP contribution in [0.25, 0.3) is 10.9 Å². The quantitative estimate of drug-likeness (QED) is 0.153. The number of hydrogen-bond acceptors (Lipinski definition) is 6. The molecule has 42 heavy (non-hydrogen) atoms. The van der Waals surface area contributed by atoms with E-state index in [0.29, 0.717) is 46.7 Å². The molecule has 5 aromatic rings. The fraction of sp³-hybridized carbons (Fsp3) is 0.152. The minimum Gasteiger partial charge on any atom is -0.750 e. The van der Waals surface area contributed by atoms with Crippen molar-refractivity contribution in [2.24, 2.45) is 0 Å². The van der Waals surface area contributed by atoms with Crippen LogP contribution in [0, 0.1) is 6.92 Å². The van der Waals surface area contributed by atoms with Crippen LogP contribution in [0.2, 0.25) is 0 Å². The summed E-state index contributed by atoms with van der Waals surface area (Å²) in [7, 11) is 0. The van der Waals surface area contributed by atoms with Crippen molar-refractivity contribution in [2.45, 2.75) is 32.5 Å². The Morgan fingerprint density at radius 1 is 0.881 bits per heavy atom. The van der Waals surface area contributed by atoms with E-state index in [1.54, 1.807) is 49.4 Å². The Kier molecular flexibility index (Phi) is 7.71. The van der Waals surface area contributed by atoms with Crippen molar-refractivity contribution in [2.75, 3.05) is 4.90 Å².